The third-order valence-corrected chi connectivity index (χ3v) is 3.39. The second-order valence-corrected chi connectivity index (χ2v) is 4.75. The molecule has 0 fully saturated rings. The van der Waals surface area contributed by atoms with Gasteiger partial charge in [0, 0.05) is 0 Å². The van der Waals surface area contributed by atoms with Gasteiger partial charge in [-0.2, -0.15) is 0 Å². The van der Waals surface area contributed by atoms with Crippen LogP contribution in [0.5, 0.6) is 5.75 Å². The molecule has 2 rings (SSSR count). The van der Waals surface area contributed by atoms with Crippen molar-refractivity contribution in [3.8, 4) is 5.75 Å². The van der Waals surface area contributed by atoms with Gasteiger partial charge in [0.15, 0.2) is 0 Å². The third kappa shape index (κ3) is 3.64. The van der Waals surface area contributed by atoms with Crippen LogP contribution in [0.15, 0.2) is 47.1 Å². The van der Waals surface area contributed by atoms with Crippen molar-refractivity contribution in [2.45, 2.75) is 18.9 Å². The van der Waals surface area contributed by atoms with E-state index in [1.807, 2.05) is 31.2 Å². The number of nitrogens with one attached hydrogen (secondary N) is 1. The van der Waals surface area contributed by atoms with Crippen LogP contribution >= 0.6 is 0 Å². The van der Waals surface area contributed by atoms with E-state index in [4.69, 9.17) is 9.15 Å². The summed E-state index contributed by atoms with van der Waals surface area (Å²) in [6.45, 7) is 1.60. The molecule has 1 aromatic carbocycles. The maximum Gasteiger partial charge on any atom is 0.227 e. The molecule has 2 aromatic rings. The molecule has 1 amide bonds. The summed E-state index contributed by atoms with van der Waals surface area (Å²) in [5.41, 5.74) is 0.879. The monoisotopic (exact) mass is 289 g/mol. The number of aliphatic hydroxyl groups excluding tert-OH is 1. The van der Waals surface area contributed by atoms with Crippen molar-refractivity contribution in [2.24, 2.45) is 0 Å². The molecule has 0 saturated heterocycles. The molecule has 5 nitrogen and oxygen atoms in total. The number of furan rings is 1. The van der Waals surface area contributed by atoms with E-state index in [0.29, 0.717) is 5.76 Å². The molecule has 2 N–H and O–H groups in total. The van der Waals surface area contributed by atoms with E-state index in [1.54, 1.807) is 19.2 Å². The summed E-state index contributed by atoms with van der Waals surface area (Å²) in [5, 5.41) is 12.2. The number of benzene rings is 1. The van der Waals surface area contributed by atoms with Crippen molar-refractivity contribution in [1.29, 1.82) is 0 Å². The van der Waals surface area contributed by atoms with Crippen molar-refractivity contribution in [2.75, 3.05) is 13.7 Å². The van der Waals surface area contributed by atoms with Gasteiger partial charge in [-0.25, -0.2) is 0 Å². The first-order valence-corrected chi connectivity index (χ1v) is 6.74. The highest BCUT2D eigenvalue weighted by molar-refractivity contribution is 5.83. The van der Waals surface area contributed by atoms with E-state index < -0.39 is 6.04 Å². The fourth-order valence-electron chi connectivity index (χ4n) is 2.04. The second-order valence-electron chi connectivity index (χ2n) is 4.75. The first-order chi connectivity index (χ1) is 10.2. The minimum Gasteiger partial charge on any atom is -0.497 e. The molecule has 0 saturated carbocycles. The largest absolute Gasteiger partial charge is 0.497 e. The maximum absolute atomic E-state index is 12.3. The summed E-state index contributed by atoms with van der Waals surface area (Å²) in [7, 11) is 1.60. The second kappa shape index (κ2) is 6.95. The topological polar surface area (TPSA) is 71.7 Å². The van der Waals surface area contributed by atoms with Crippen molar-refractivity contribution in [3.63, 3.8) is 0 Å². The predicted octanol–water partition coefficient (Wildman–Crippen LogP) is 2.24. The molecule has 0 spiro atoms. The molecule has 1 aromatic heterocycles. The first kappa shape index (κ1) is 15.1. The number of rotatable bonds is 6. The zero-order chi connectivity index (χ0) is 15.2. The van der Waals surface area contributed by atoms with Gasteiger partial charge < -0.3 is 19.6 Å². The quantitative estimate of drug-likeness (QED) is 0.855. The highest BCUT2D eigenvalue weighted by atomic mass is 16.5. The van der Waals surface area contributed by atoms with Crippen LogP contribution in [-0.4, -0.2) is 24.7 Å². The number of hydrogen-bond acceptors (Lipinski definition) is 4. The molecule has 0 aliphatic carbocycles. The Labute approximate surface area is 123 Å². The van der Waals surface area contributed by atoms with Gasteiger partial charge in [0.25, 0.3) is 0 Å². The van der Waals surface area contributed by atoms with Gasteiger partial charge in [-0.05, 0) is 36.8 Å². The van der Waals surface area contributed by atoms with Crippen molar-refractivity contribution in [3.05, 3.63) is 54.0 Å². The average Bonchev–Trinajstić information content (AvgIpc) is 3.06. The van der Waals surface area contributed by atoms with Crippen LogP contribution in [0, 0.1) is 0 Å². The normalized spacial score (nSPS) is 13.5. The molecule has 112 valence electrons. The Hall–Kier alpha value is -2.27. The highest BCUT2D eigenvalue weighted by Crippen LogP contribution is 2.21. The van der Waals surface area contributed by atoms with Gasteiger partial charge in [0.1, 0.15) is 17.6 Å². The summed E-state index contributed by atoms with van der Waals surface area (Å²) in [4.78, 5) is 12.3. The molecule has 0 aliphatic rings. The fourth-order valence-corrected chi connectivity index (χ4v) is 2.04. The van der Waals surface area contributed by atoms with Gasteiger partial charge in [-0.1, -0.05) is 12.1 Å². The molecule has 21 heavy (non-hydrogen) atoms. The lowest BCUT2D eigenvalue weighted by Crippen LogP contribution is -2.33. The maximum atomic E-state index is 12.3. The number of ether oxygens (including phenoxy) is 1. The lowest BCUT2D eigenvalue weighted by molar-refractivity contribution is -0.123. The summed E-state index contributed by atoms with van der Waals surface area (Å²) in [5.74, 6) is 0.776. The molecular weight excluding hydrogens is 270 g/mol. The van der Waals surface area contributed by atoms with Crippen LogP contribution in [0.2, 0.25) is 0 Å². The van der Waals surface area contributed by atoms with Crippen LogP contribution < -0.4 is 10.1 Å². The Balaban J connectivity index is 2.04. The first-order valence-electron chi connectivity index (χ1n) is 6.74. The van der Waals surface area contributed by atoms with Gasteiger partial charge in [0.2, 0.25) is 5.91 Å². The Bertz CT molecular complexity index is 562. The lowest BCUT2D eigenvalue weighted by atomic mass is 10.00. The molecule has 1 heterocycles. The summed E-state index contributed by atoms with van der Waals surface area (Å²) in [6.07, 6.45) is 1.51. The predicted molar refractivity (Wildman–Crippen MR) is 78.1 cm³/mol. The molecule has 0 aliphatic heterocycles. The SMILES string of the molecule is COc1ccc(C(C)C(=O)NC(CO)c2ccco2)cc1. The minimum absolute atomic E-state index is 0.171. The molecule has 0 radical (unpaired) electrons. The standard InChI is InChI=1S/C16H19NO4/c1-11(12-5-7-13(20-2)8-6-12)16(19)17-14(10-18)15-4-3-9-21-15/h3-9,11,14,18H,10H2,1-2H3,(H,17,19). The lowest BCUT2D eigenvalue weighted by Gasteiger charge is -2.18. The number of carbonyl (C=O) groups excluding carboxylic acids is 1. The van der Waals surface area contributed by atoms with Gasteiger partial charge in [-0.3, -0.25) is 4.79 Å². The van der Waals surface area contributed by atoms with Crippen LogP contribution in [0.25, 0.3) is 0 Å². The van der Waals surface area contributed by atoms with E-state index in [1.165, 1.54) is 6.26 Å². The Morgan fingerprint density at radius 2 is 2.05 bits per heavy atom. The number of methoxy groups -OCH3 is 1. The number of hydrogen-bond donors (Lipinski definition) is 2. The third-order valence-electron chi connectivity index (χ3n) is 3.39. The smallest absolute Gasteiger partial charge is 0.227 e. The fraction of sp³-hybridized carbons (Fsp3) is 0.312. The van der Waals surface area contributed by atoms with Gasteiger partial charge in [0.05, 0.1) is 25.9 Å². The number of aliphatic hydroxyl groups is 1. The van der Waals surface area contributed by atoms with Crippen LogP contribution in [-0.2, 0) is 4.79 Å². The molecule has 2 atom stereocenters. The van der Waals surface area contributed by atoms with Crippen molar-refractivity contribution >= 4 is 5.91 Å². The van der Waals surface area contributed by atoms with Crippen molar-refractivity contribution in [1.82, 2.24) is 5.32 Å². The molecular formula is C16H19NO4. The summed E-state index contributed by atoms with van der Waals surface area (Å²) >= 11 is 0. The van der Waals surface area contributed by atoms with E-state index >= 15 is 0 Å². The molecule has 5 heteroatoms. The Morgan fingerprint density at radius 1 is 1.33 bits per heavy atom. The van der Waals surface area contributed by atoms with Gasteiger partial charge >= 0.3 is 0 Å². The Morgan fingerprint density at radius 3 is 2.57 bits per heavy atom. The average molecular weight is 289 g/mol. The summed E-state index contributed by atoms with van der Waals surface area (Å²) < 4.78 is 10.3. The molecule has 2 unspecified atom stereocenters. The highest BCUT2D eigenvalue weighted by Gasteiger charge is 2.21. The summed E-state index contributed by atoms with van der Waals surface area (Å²) in [6, 6.07) is 10.2. The Kier molecular flexibility index (Phi) is 5.00. The van der Waals surface area contributed by atoms with Gasteiger partial charge in [-0.15, -0.1) is 0 Å². The van der Waals surface area contributed by atoms with E-state index in [9.17, 15) is 9.90 Å². The van der Waals surface area contributed by atoms with Crippen molar-refractivity contribution < 1.29 is 19.1 Å². The minimum atomic E-state index is -0.534. The van der Waals surface area contributed by atoms with Crippen LogP contribution in [0.3, 0.4) is 0 Å². The zero-order valence-corrected chi connectivity index (χ0v) is 12.1. The number of carbonyl (C=O) groups is 1. The van der Waals surface area contributed by atoms with E-state index in [-0.39, 0.29) is 18.4 Å². The molecule has 0 bridgehead atoms. The van der Waals surface area contributed by atoms with E-state index in [2.05, 4.69) is 5.32 Å². The van der Waals surface area contributed by atoms with Crippen LogP contribution in [0.4, 0.5) is 0 Å². The van der Waals surface area contributed by atoms with Crippen LogP contribution in [0.1, 0.15) is 30.2 Å². The number of amides is 1. The zero-order valence-electron chi connectivity index (χ0n) is 12.1. The van der Waals surface area contributed by atoms with E-state index in [0.717, 1.165) is 11.3 Å².